The van der Waals surface area contributed by atoms with Crippen LogP contribution in [0.5, 0.6) is 23.3 Å². The summed E-state index contributed by atoms with van der Waals surface area (Å²) in [5.41, 5.74) is 1.91. The van der Waals surface area contributed by atoms with E-state index in [9.17, 15) is 0 Å². The second-order valence-corrected chi connectivity index (χ2v) is 7.17. The van der Waals surface area contributed by atoms with Gasteiger partial charge in [-0.25, -0.2) is 9.97 Å². The fourth-order valence-corrected chi connectivity index (χ4v) is 2.87. The number of rotatable bonds is 10. The predicted octanol–water partition coefficient (Wildman–Crippen LogP) is 4.72. The third-order valence-corrected chi connectivity index (χ3v) is 4.54. The first-order valence-electron chi connectivity index (χ1n) is 9.71. The SMILES string of the molecule is Clc1ncc(O[B]Oc2cnc(Cl)nc2OCc2ccccc2)c(OCc2ccccc2)n1. The first-order valence-corrected chi connectivity index (χ1v) is 10.5. The van der Waals surface area contributed by atoms with Gasteiger partial charge in [0.2, 0.25) is 10.6 Å². The van der Waals surface area contributed by atoms with Crippen molar-refractivity contribution in [3.63, 3.8) is 0 Å². The van der Waals surface area contributed by atoms with E-state index in [0.717, 1.165) is 18.8 Å². The summed E-state index contributed by atoms with van der Waals surface area (Å²) in [5.74, 6) is 0.729. The van der Waals surface area contributed by atoms with Gasteiger partial charge in [0.25, 0.3) is 11.8 Å². The Balaban J connectivity index is 1.39. The Morgan fingerprint density at radius 2 is 1.06 bits per heavy atom. The number of hydrogen-bond acceptors (Lipinski definition) is 8. The van der Waals surface area contributed by atoms with Crippen LogP contribution in [0.25, 0.3) is 0 Å². The van der Waals surface area contributed by atoms with Crippen molar-refractivity contribution in [3.8, 4) is 23.3 Å². The van der Waals surface area contributed by atoms with Gasteiger partial charge >= 0.3 is 7.69 Å². The van der Waals surface area contributed by atoms with E-state index in [1.165, 1.54) is 12.4 Å². The molecule has 0 aliphatic heterocycles. The first-order chi connectivity index (χ1) is 16.2. The fourth-order valence-electron chi connectivity index (χ4n) is 2.62. The first kappa shape index (κ1) is 22.6. The van der Waals surface area contributed by atoms with Gasteiger partial charge in [-0.3, -0.25) is 0 Å². The number of benzene rings is 2. The van der Waals surface area contributed by atoms with Gasteiger partial charge in [-0.1, -0.05) is 60.7 Å². The molecule has 0 aliphatic carbocycles. The molecule has 1 radical (unpaired) electrons. The van der Waals surface area contributed by atoms with Crippen LogP contribution < -0.4 is 18.8 Å². The molecule has 33 heavy (non-hydrogen) atoms. The smallest absolute Gasteiger partial charge is 0.521 e. The van der Waals surface area contributed by atoms with Crippen LogP contribution in [0.4, 0.5) is 0 Å². The largest absolute Gasteiger partial charge is 0.658 e. The van der Waals surface area contributed by atoms with Crippen molar-refractivity contribution in [1.29, 1.82) is 0 Å². The normalized spacial score (nSPS) is 10.4. The van der Waals surface area contributed by atoms with Crippen molar-refractivity contribution in [2.45, 2.75) is 13.2 Å². The minimum absolute atomic E-state index is 0.0222. The molecular weight excluding hydrogens is 466 g/mol. The van der Waals surface area contributed by atoms with Crippen LogP contribution >= 0.6 is 23.2 Å². The summed E-state index contributed by atoms with van der Waals surface area (Å²) in [4.78, 5) is 16.0. The van der Waals surface area contributed by atoms with Crippen LogP contribution in [-0.2, 0) is 13.2 Å². The molecule has 2 aromatic heterocycles. The molecule has 2 aromatic carbocycles. The van der Waals surface area contributed by atoms with Gasteiger partial charge in [-0.15, -0.1) is 0 Å². The Labute approximate surface area is 200 Å². The zero-order valence-corrected chi connectivity index (χ0v) is 18.6. The molecule has 0 bridgehead atoms. The van der Waals surface area contributed by atoms with Gasteiger partial charge in [0.05, 0.1) is 12.4 Å². The predicted molar refractivity (Wildman–Crippen MR) is 123 cm³/mol. The third-order valence-electron chi connectivity index (χ3n) is 4.17. The lowest BCUT2D eigenvalue weighted by Crippen LogP contribution is -2.14. The molecule has 0 unspecified atom stereocenters. The van der Waals surface area contributed by atoms with Crippen molar-refractivity contribution < 1.29 is 18.8 Å². The molecule has 11 heteroatoms. The lowest BCUT2D eigenvalue weighted by molar-refractivity contribution is 0.275. The van der Waals surface area contributed by atoms with Crippen molar-refractivity contribution >= 4 is 30.9 Å². The van der Waals surface area contributed by atoms with E-state index in [1.54, 1.807) is 0 Å². The van der Waals surface area contributed by atoms with Crippen LogP contribution in [0.1, 0.15) is 11.1 Å². The average molecular weight is 482 g/mol. The fraction of sp³-hybridized carbons (Fsp3) is 0.0909. The maximum Gasteiger partial charge on any atom is 0.658 e. The summed E-state index contributed by atoms with van der Waals surface area (Å²) >= 11 is 11.8. The molecule has 0 saturated carbocycles. The zero-order chi connectivity index (χ0) is 22.9. The lowest BCUT2D eigenvalue weighted by Gasteiger charge is -2.13. The maximum absolute atomic E-state index is 5.90. The van der Waals surface area contributed by atoms with E-state index in [1.807, 2.05) is 60.7 Å². The molecule has 0 atom stereocenters. The summed E-state index contributed by atoms with van der Waals surface area (Å²) in [6.07, 6.45) is 2.75. The average Bonchev–Trinajstić information content (AvgIpc) is 2.85. The summed E-state index contributed by atoms with van der Waals surface area (Å²) < 4.78 is 22.5. The van der Waals surface area contributed by atoms with Crippen LogP contribution in [0.2, 0.25) is 10.6 Å². The summed E-state index contributed by atoms with van der Waals surface area (Å²) in [7, 11) is 1.06. The topological polar surface area (TPSA) is 88.5 Å². The molecular formula is C22H16BCl2N4O4. The van der Waals surface area contributed by atoms with Crippen LogP contribution in [0, 0.1) is 0 Å². The van der Waals surface area contributed by atoms with Gasteiger partial charge < -0.3 is 18.8 Å². The molecule has 0 spiro atoms. The van der Waals surface area contributed by atoms with E-state index in [0.29, 0.717) is 0 Å². The molecule has 2 heterocycles. The highest BCUT2D eigenvalue weighted by Crippen LogP contribution is 2.28. The molecule has 0 fully saturated rings. The molecule has 4 rings (SSSR count). The van der Waals surface area contributed by atoms with Crippen LogP contribution in [0.3, 0.4) is 0 Å². The van der Waals surface area contributed by atoms with E-state index >= 15 is 0 Å². The number of nitrogens with zero attached hydrogens (tertiary/aromatic N) is 4. The minimum Gasteiger partial charge on any atom is -0.521 e. The van der Waals surface area contributed by atoms with E-state index in [2.05, 4.69) is 19.9 Å². The Hall–Kier alpha value is -3.56. The lowest BCUT2D eigenvalue weighted by atomic mass is 10.2. The quantitative estimate of drug-likeness (QED) is 0.237. The van der Waals surface area contributed by atoms with Crippen molar-refractivity contribution in [1.82, 2.24) is 19.9 Å². The molecule has 165 valence electrons. The standard InChI is InChI=1S/C22H16BCl2N4O4/c24-21-26-11-17(19(28-21)30-13-15-7-3-1-4-8-15)32-23-33-18-12-27-22(25)29-20(18)31-14-16-9-5-2-6-10-16/h1-12H,13-14H2. The van der Waals surface area contributed by atoms with Crippen molar-refractivity contribution in [3.05, 3.63) is 94.8 Å². The molecule has 8 nitrogen and oxygen atoms in total. The summed E-state index contributed by atoms with van der Waals surface area (Å²) in [6.45, 7) is 0.543. The molecule has 4 aromatic rings. The van der Waals surface area contributed by atoms with Gasteiger partial charge in [0, 0.05) is 0 Å². The highest BCUT2D eigenvalue weighted by Gasteiger charge is 2.15. The highest BCUT2D eigenvalue weighted by molar-refractivity contribution is 6.28. The van der Waals surface area contributed by atoms with Gasteiger partial charge in [0.15, 0.2) is 11.5 Å². The second kappa shape index (κ2) is 11.4. The molecule has 0 saturated heterocycles. The molecule has 0 aliphatic rings. The van der Waals surface area contributed by atoms with Crippen molar-refractivity contribution in [2.75, 3.05) is 0 Å². The maximum atomic E-state index is 5.90. The number of halogens is 2. The van der Waals surface area contributed by atoms with Crippen LogP contribution in [0.15, 0.2) is 73.1 Å². The number of ether oxygens (including phenoxy) is 2. The second-order valence-electron chi connectivity index (χ2n) is 6.50. The van der Waals surface area contributed by atoms with Gasteiger partial charge in [-0.05, 0) is 34.3 Å². The Bertz CT molecular complexity index is 1100. The Morgan fingerprint density at radius 3 is 1.48 bits per heavy atom. The van der Waals surface area contributed by atoms with E-state index < -0.39 is 0 Å². The van der Waals surface area contributed by atoms with E-state index in [4.69, 9.17) is 42.0 Å². The number of aromatic nitrogens is 4. The zero-order valence-electron chi connectivity index (χ0n) is 17.1. The summed E-state index contributed by atoms with van der Waals surface area (Å²) in [5, 5.41) is 0.0445. The third kappa shape index (κ3) is 6.71. The Kier molecular flexibility index (Phi) is 7.79. The number of hydrogen-bond donors (Lipinski definition) is 0. The van der Waals surface area contributed by atoms with E-state index in [-0.39, 0.29) is 47.0 Å². The van der Waals surface area contributed by atoms with Gasteiger partial charge in [-0.2, -0.15) is 9.97 Å². The van der Waals surface area contributed by atoms with Crippen LogP contribution in [-0.4, -0.2) is 27.6 Å². The van der Waals surface area contributed by atoms with Gasteiger partial charge in [0.1, 0.15) is 13.2 Å². The highest BCUT2D eigenvalue weighted by atomic mass is 35.5. The molecule has 0 N–H and O–H groups in total. The minimum atomic E-state index is 0.0222. The van der Waals surface area contributed by atoms with Crippen molar-refractivity contribution in [2.24, 2.45) is 0 Å². The monoisotopic (exact) mass is 481 g/mol. The Morgan fingerprint density at radius 1 is 0.636 bits per heavy atom. The molecule has 0 amide bonds. The summed E-state index contributed by atoms with van der Waals surface area (Å²) in [6, 6.07) is 19.2.